The maximum absolute atomic E-state index is 12.3. The van der Waals surface area contributed by atoms with Gasteiger partial charge in [-0.15, -0.1) is 0 Å². The zero-order chi connectivity index (χ0) is 23.9. The van der Waals surface area contributed by atoms with Crippen LogP contribution in [0.15, 0.2) is 77.4 Å². The normalized spacial score (nSPS) is 12.0. The molecular formula is C28H29NO5. The highest BCUT2D eigenvalue weighted by Gasteiger charge is 2.15. The van der Waals surface area contributed by atoms with Crippen molar-refractivity contribution in [2.24, 2.45) is 5.73 Å². The van der Waals surface area contributed by atoms with Gasteiger partial charge >= 0.3 is 5.97 Å². The molecule has 2 N–H and O–H groups in total. The van der Waals surface area contributed by atoms with Crippen LogP contribution in [0.2, 0.25) is 0 Å². The van der Waals surface area contributed by atoms with Crippen LogP contribution in [0.5, 0.6) is 5.75 Å². The van der Waals surface area contributed by atoms with Gasteiger partial charge in [0.25, 0.3) is 0 Å². The van der Waals surface area contributed by atoms with E-state index in [0.717, 1.165) is 38.8 Å². The van der Waals surface area contributed by atoms with Gasteiger partial charge < -0.3 is 24.4 Å². The van der Waals surface area contributed by atoms with Crippen molar-refractivity contribution < 1.29 is 23.4 Å². The van der Waals surface area contributed by atoms with Gasteiger partial charge in [-0.1, -0.05) is 36.4 Å². The molecular weight excluding hydrogens is 430 g/mol. The average Bonchev–Trinajstić information content (AvgIpc) is 3.32. The highest BCUT2D eigenvalue weighted by Crippen LogP contribution is 2.32. The number of carbonyl (C=O) groups excluding carboxylic acids is 1. The predicted octanol–water partition coefficient (Wildman–Crippen LogP) is 5.26. The van der Waals surface area contributed by atoms with Crippen molar-refractivity contribution in [2.45, 2.75) is 32.6 Å². The first-order valence-electron chi connectivity index (χ1n) is 11.3. The number of furan rings is 1. The van der Waals surface area contributed by atoms with E-state index >= 15 is 0 Å². The van der Waals surface area contributed by atoms with Crippen LogP contribution >= 0.6 is 0 Å². The number of fused-ring (bicyclic) bond motifs is 1. The number of esters is 1. The van der Waals surface area contributed by atoms with Crippen LogP contribution in [0.25, 0.3) is 22.1 Å². The van der Waals surface area contributed by atoms with Crippen LogP contribution in [-0.2, 0) is 33.8 Å². The number of benzene rings is 3. The molecule has 0 bridgehead atoms. The number of nitrogens with two attached hydrogens (primary N) is 1. The molecule has 1 heterocycles. The van der Waals surface area contributed by atoms with Gasteiger partial charge in [-0.3, -0.25) is 4.79 Å². The fourth-order valence-electron chi connectivity index (χ4n) is 3.95. The minimum absolute atomic E-state index is 0.127. The monoisotopic (exact) mass is 459 g/mol. The Kier molecular flexibility index (Phi) is 7.62. The standard InChI is InChI=1S/C28H29NO5/c1-19(17-31-2)34-27(30)15-23-7-3-4-9-26(23)33-18-21-13-24-10-11-32-28(24)25(14-21)22-8-5-6-20(12-22)16-29/h3-14,19H,15-18,29H2,1-2H3. The lowest BCUT2D eigenvalue weighted by atomic mass is 9.99. The largest absolute Gasteiger partial charge is 0.489 e. The Bertz CT molecular complexity index is 1260. The van der Waals surface area contributed by atoms with Crippen molar-refractivity contribution in [3.8, 4) is 16.9 Å². The molecule has 6 heteroatoms. The zero-order valence-electron chi connectivity index (χ0n) is 19.5. The van der Waals surface area contributed by atoms with Gasteiger partial charge in [0.05, 0.1) is 19.3 Å². The average molecular weight is 460 g/mol. The molecule has 34 heavy (non-hydrogen) atoms. The Labute approximate surface area is 199 Å². The minimum atomic E-state index is -0.317. The molecule has 0 radical (unpaired) electrons. The Hall–Kier alpha value is -3.61. The van der Waals surface area contributed by atoms with Gasteiger partial charge in [0.15, 0.2) is 0 Å². The number of rotatable bonds is 10. The Morgan fingerprint density at radius 3 is 2.71 bits per heavy atom. The quantitative estimate of drug-likeness (QED) is 0.326. The van der Waals surface area contributed by atoms with Crippen molar-refractivity contribution >= 4 is 16.9 Å². The van der Waals surface area contributed by atoms with E-state index in [0.29, 0.717) is 25.5 Å². The highest BCUT2D eigenvalue weighted by atomic mass is 16.6. The van der Waals surface area contributed by atoms with E-state index in [2.05, 4.69) is 18.2 Å². The molecule has 3 aromatic carbocycles. The van der Waals surface area contributed by atoms with Gasteiger partial charge in [-0.05, 0) is 53.9 Å². The lowest BCUT2D eigenvalue weighted by molar-refractivity contribution is -0.149. The molecule has 0 aliphatic rings. The summed E-state index contributed by atoms with van der Waals surface area (Å²) in [7, 11) is 1.58. The van der Waals surface area contributed by atoms with Crippen LogP contribution in [0.1, 0.15) is 23.6 Å². The first kappa shape index (κ1) is 23.5. The van der Waals surface area contributed by atoms with E-state index in [4.69, 9.17) is 24.4 Å². The smallest absolute Gasteiger partial charge is 0.310 e. The van der Waals surface area contributed by atoms with Gasteiger partial charge in [0, 0.05) is 30.2 Å². The molecule has 0 saturated heterocycles. The second-order valence-corrected chi connectivity index (χ2v) is 8.22. The summed E-state index contributed by atoms with van der Waals surface area (Å²) < 4.78 is 22.4. The zero-order valence-corrected chi connectivity index (χ0v) is 19.5. The second kappa shape index (κ2) is 11.0. The summed E-state index contributed by atoms with van der Waals surface area (Å²) in [5.41, 5.74) is 11.5. The number of ether oxygens (including phenoxy) is 3. The third kappa shape index (κ3) is 5.65. The molecule has 1 atom stereocenters. The Morgan fingerprint density at radius 2 is 1.88 bits per heavy atom. The molecule has 0 spiro atoms. The Balaban J connectivity index is 1.54. The summed E-state index contributed by atoms with van der Waals surface area (Å²) in [6.07, 6.45) is 1.52. The molecule has 4 rings (SSSR count). The van der Waals surface area contributed by atoms with Crippen molar-refractivity contribution in [3.63, 3.8) is 0 Å². The summed E-state index contributed by atoms with van der Waals surface area (Å²) in [6.45, 7) is 2.98. The van der Waals surface area contributed by atoms with Crippen LogP contribution in [0, 0.1) is 0 Å². The van der Waals surface area contributed by atoms with Crippen molar-refractivity contribution in [1.29, 1.82) is 0 Å². The first-order valence-corrected chi connectivity index (χ1v) is 11.3. The van der Waals surface area contributed by atoms with Crippen LogP contribution in [0.3, 0.4) is 0 Å². The molecule has 0 aliphatic carbocycles. The van der Waals surface area contributed by atoms with Crippen LogP contribution in [0.4, 0.5) is 0 Å². The van der Waals surface area contributed by atoms with Crippen molar-refractivity contribution in [1.82, 2.24) is 0 Å². The summed E-state index contributed by atoms with van der Waals surface area (Å²) in [5.74, 6) is 0.334. The molecule has 0 saturated carbocycles. The number of hydrogen-bond acceptors (Lipinski definition) is 6. The van der Waals surface area contributed by atoms with Gasteiger partial charge in [-0.2, -0.15) is 0 Å². The van der Waals surface area contributed by atoms with E-state index in [9.17, 15) is 4.79 Å². The fourth-order valence-corrected chi connectivity index (χ4v) is 3.95. The lowest BCUT2D eigenvalue weighted by Crippen LogP contribution is -2.21. The molecule has 1 aromatic heterocycles. The van der Waals surface area contributed by atoms with Crippen LogP contribution in [-0.4, -0.2) is 25.8 Å². The molecule has 0 amide bonds. The minimum Gasteiger partial charge on any atom is -0.489 e. The molecule has 176 valence electrons. The number of carbonyl (C=O) groups is 1. The van der Waals surface area contributed by atoms with Gasteiger partial charge in [0.2, 0.25) is 0 Å². The Morgan fingerprint density at radius 1 is 1.03 bits per heavy atom. The SMILES string of the molecule is COCC(C)OC(=O)Cc1ccccc1OCc1cc(-c2cccc(CN)c2)c2occc2c1. The number of hydrogen-bond donors (Lipinski definition) is 1. The van der Waals surface area contributed by atoms with E-state index in [1.807, 2.05) is 48.5 Å². The van der Waals surface area contributed by atoms with Gasteiger partial charge in [-0.25, -0.2) is 0 Å². The molecule has 0 fully saturated rings. The summed E-state index contributed by atoms with van der Waals surface area (Å²) in [5, 5.41) is 0.998. The third-order valence-electron chi connectivity index (χ3n) is 5.52. The predicted molar refractivity (Wildman–Crippen MR) is 131 cm³/mol. The number of para-hydroxylation sites is 1. The molecule has 0 aliphatic heterocycles. The maximum Gasteiger partial charge on any atom is 0.310 e. The van der Waals surface area contributed by atoms with E-state index in [-0.39, 0.29) is 18.5 Å². The fraction of sp³-hybridized carbons (Fsp3) is 0.250. The lowest BCUT2D eigenvalue weighted by Gasteiger charge is -2.15. The first-order chi connectivity index (χ1) is 16.6. The molecule has 4 aromatic rings. The maximum atomic E-state index is 12.3. The van der Waals surface area contributed by atoms with Gasteiger partial charge in [0.1, 0.15) is 24.0 Å². The third-order valence-corrected chi connectivity index (χ3v) is 5.52. The molecule has 6 nitrogen and oxygen atoms in total. The molecule has 1 unspecified atom stereocenters. The van der Waals surface area contributed by atoms with Crippen LogP contribution < -0.4 is 10.5 Å². The van der Waals surface area contributed by atoms with E-state index in [1.54, 1.807) is 20.3 Å². The van der Waals surface area contributed by atoms with Crippen molar-refractivity contribution in [2.75, 3.05) is 13.7 Å². The van der Waals surface area contributed by atoms with Crippen molar-refractivity contribution in [3.05, 3.63) is 89.7 Å². The summed E-state index contributed by atoms with van der Waals surface area (Å²) in [4.78, 5) is 12.3. The number of methoxy groups -OCH3 is 1. The second-order valence-electron chi connectivity index (χ2n) is 8.22. The summed E-state index contributed by atoms with van der Waals surface area (Å²) >= 11 is 0. The summed E-state index contributed by atoms with van der Waals surface area (Å²) in [6, 6.07) is 21.7. The highest BCUT2D eigenvalue weighted by molar-refractivity contribution is 5.93. The topological polar surface area (TPSA) is 83.9 Å². The van der Waals surface area contributed by atoms with E-state index < -0.39 is 0 Å². The van der Waals surface area contributed by atoms with E-state index in [1.165, 1.54) is 0 Å².